The maximum Gasteiger partial charge on any atom is 0.252 e. The van der Waals surface area contributed by atoms with Crippen molar-refractivity contribution in [2.24, 2.45) is 0 Å². The second-order valence-corrected chi connectivity index (χ2v) is 9.27. The van der Waals surface area contributed by atoms with E-state index in [2.05, 4.69) is 16.0 Å². The van der Waals surface area contributed by atoms with E-state index in [-0.39, 0.29) is 5.78 Å². The molecule has 3 N–H and O–H groups in total. The molecule has 0 heterocycles. The van der Waals surface area contributed by atoms with Crippen LogP contribution >= 0.6 is 11.6 Å². The van der Waals surface area contributed by atoms with E-state index in [9.17, 15) is 19.2 Å². The van der Waals surface area contributed by atoms with Gasteiger partial charge in [-0.3, -0.25) is 19.2 Å². The minimum absolute atomic E-state index is 0.0812. The predicted molar refractivity (Wildman–Crippen MR) is 148 cm³/mol. The highest BCUT2D eigenvalue weighted by molar-refractivity contribution is 6.30. The zero-order valence-electron chi connectivity index (χ0n) is 20.8. The first kappa shape index (κ1) is 26.6. The summed E-state index contributed by atoms with van der Waals surface area (Å²) in [6.07, 6.45) is 0. The van der Waals surface area contributed by atoms with Crippen molar-refractivity contribution >= 4 is 51.6 Å². The summed E-state index contributed by atoms with van der Waals surface area (Å²) >= 11 is 6.03. The number of amides is 3. The van der Waals surface area contributed by atoms with Crippen LogP contribution in [0, 0.1) is 0 Å². The van der Waals surface area contributed by atoms with Gasteiger partial charge in [-0.2, -0.15) is 0 Å². The lowest BCUT2D eigenvalue weighted by Crippen LogP contribution is -2.47. The molecular weight excluding hydrogens is 502 g/mol. The monoisotopic (exact) mass is 527 g/mol. The number of Topliss-reactive ketones (excluding diaryl/α,β-unsaturated/α-hetero) is 1. The Kier molecular flexibility index (Phi) is 8.19. The first-order valence-corrected chi connectivity index (χ1v) is 12.4. The van der Waals surface area contributed by atoms with Crippen molar-refractivity contribution < 1.29 is 19.2 Å². The van der Waals surface area contributed by atoms with Crippen molar-refractivity contribution in [2.75, 3.05) is 5.32 Å². The number of carbonyl (C=O) groups excluding carboxylic acids is 4. The molecule has 0 aromatic heterocycles. The summed E-state index contributed by atoms with van der Waals surface area (Å²) in [5, 5.41) is 10.4. The molecule has 3 amide bonds. The zero-order valence-corrected chi connectivity index (χ0v) is 21.6. The topological polar surface area (TPSA) is 104 Å². The number of hydrogen-bond donors (Lipinski definition) is 3. The van der Waals surface area contributed by atoms with Gasteiger partial charge >= 0.3 is 0 Å². The second kappa shape index (κ2) is 11.7. The van der Waals surface area contributed by atoms with Gasteiger partial charge in [0.25, 0.3) is 5.91 Å². The molecule has 38 heavy (non-hydrogen) atoms. The van der Waals surface area contributed by atoms with Crippen molar-refractivity contribution in [1.29, 1.82) is 0 Å². The molecule has 7 nitrogen and oxygen atoms in total. The van der Waals surface area contributed by atoms with E-state index in [4.69, 9.17) is 11.6 Å². The van der Waals surface area contributed by atoms with Gasteiger partial charge < -0.3 is 16.0 Å². The summed E-state index contributed by atoms with van der Waals surface area (Å²) in [6, 6.07) is 23.9. The summed E-state index contributed by atoms with van der Waals surface area (Å²) in [6.45, 7) is 3.00. The minimum Gasteiger partial charge on any atom is -0.342 e. The maximum absolute atomic E-state index is 13.4. The standard InChI is InChI=1S/C30H26ClN3O4/c1-18(28(36)33-24-16-12-20(13-17-24)19(2)35)32-30(38)27(22-10-14-23(31)15-11-22)34-29(37)26-9-5-7-21-6-3-4-8-25(21)26/h3-18,27H,1-2H3,(H,32,38)(H,33,36)(H,34,37)/t18?,27-/m0/s1. The molecule has 4 rings (SSSR count). The molecule has 1 unspecified atom stereocenters. The third-order valence-corrected chi connectivity index (χ3v) is 6.34. The normalized spacial score (nSPS) is 12.3. The number of rotatable bonds is 8. The molecule has 0 bridgehead atoms. The van der Waals surface area contributed by atoms with Crippen LogP contribution in [-0.2, 0) is 9.59 Å². The van der Waals surface area contributed by atoms with Crippen molar-refractivity contribution in [2.45, 2.75) is 25.9 Å². The van der Waals surface area contributed by atoms with E-state index >= 15 is 0 Å². The number of carbonyl (C=O) groups is 4. The molecule has 0 saturated heterocycles. The van der Waals surface area contributed by atoms with E-state index in [1.165, 1.54) is 6.92 Å². The van der Waals surface area contributed by atoms with Crippen LogP contribution in [0.5, 0.6) is 0 Å². The predicted octanol–water partition coefficient (Wildman–Crippen LogP) is 5.31. The van der Waals surface area contributed by atoms with Gasteiger partial charge in [0.2, 0.25) is 11.8 Å². The van der Waals surface area contributed by atoms with Gasteiger partial charge in [-0.05, 0) is 72.6 Å². The SMILES string of the molecule is CC(=O)c1ccc(NC(=O)C(C)NC(=O)[C@@H](NC(=O)c2cccc3ccccc23)c2ccc(Cl)cc2)cc1. The number of hydrogen-bond acceptors (Lipinski definition) is 4. The molecule has 4 aromatic rings. The maximum atomic E-state index is 13.4. The molecule has 0 aliphatic carbocycles. The molecule has 8 heteroatoms. The van der Waals surface area contributed by atoms with Gasteiger partial charge in [-0.1, -0.05) is 60.1 Å². The van der Waals surface area contributed by atoms with Crippen LogP contribution in [0.15, 0.2) is 91.0 Å². The van der Waals surface area contributed by atoms with Crippen LogP contribution in [0.25, 0.3) is 10.8 Å². The van der Waals surface area contributed by atoms with Crippen molar-refractivity contribution in [3.63, 3.8) is 0 Å². The lowest BCUT2D eigenvalue weighted by atomic mass is 10.0. The molecule has 0 radical (unpaired) electrons. The lowest BCUT2D eigenvalue weighted by molar-refractivity contribution is -0.127. The van der Waals surface area contributed by atoms with Crippen LogP contribution in [-0.4, -0.2) is 29.5 Å². The average Bonchev–Trinajstić information content (AvgIpc) is 2.92. The van der Waals surface area contributed by atoms with Crippen LogP contribution in [0.3, 0.4) is 0 Å². The van der Waals surface area contributed by atoms with E-state index in [0.717, 1.165) is 10.8 Å². The molecule has 0 aliphatic heterocycles. The average molecular weight is 528 g/mol. The van der Waals surface area contributed by atoms with E-state index in [1.807, 2.05) is 30.3 Å². The number of benzene rings is 4. The Hall–Kier alpha value is -4.49. The Morgan fingerprint density at radius 1 is 0.737 bits per heavy atom. The van der Waals surface area contributed by atoms with Crippen LogP contribution < -0.4 is 16.0 Å². The van der Waals surface area contributed by atoms with E-state index in [1.54, 1.807) is 67.6 Å². The number of fused-ring (bicyclic) bond motifs is 1. The van der Waals surface area contributed by atoms with Crippen LogP contribution in [0.1, 0.15) is 46.2 Å². The summed E-state index contributed by atoms with van der Waals surface area (Å²) in [4.78, 5) is 50.9. The molecule has 4 aromatic carbocycles. The molecule has 192 valence electrons. The summed E-state index contributed by atoms with van der Waals surface area (Å²) < 4.78 is 0. The highest BCUT2D eigenvalue weighted by atomic mass is 35.5. The largest absolute Gasteiger partial charge is 0.342 e. The third kappa shape index (κ3) is 6.25. The van der Waals surface area contributed by atoms with Crippen molar-refractivity contribution in [1.82, 2.24) is 10.6 Å². The Morgan fingerprint density at radius 2 is 1.39 bits per heavy atom. The fourth-order valence-corrected chi connectivity index (χ4v) is 4.11. The Labute approximate surface area is 225 Å². The fraction of sp³-hybridized carbons (Fsp3) is 0.133. The quantitative estimate of drug-likeness (QED) is 0.270. The molecule has 0 fully saturated rings. The Balaban J connectivity index is 1.52. The summed E-state index contributed by atoms with van der Waals surface area (Å²) in [5.74, 6) is -1.53. The summed E-state index contributed by atoms with van der Waals surface area (Å²) in [5.41, 5.74) is 1.94. The Morgan fingerprint density at radius 3 is 2.08 bits per heavy atom. The van der Waals surface area contributed by atoms with Crippen molar-refractivity contribution in [3.8, 4) is 0 Å². The Bertz CT molecular complexity index is 1500. The first-order valence-electron chi connectivity index (χ1n) is 12.0. The third-order valence-electron chi connectivity index (χ3n) is 6.09. The molecule has 0 saturated carbocycles. The number of ketones is 1. The highest BCUT2D eigenvalue weighted by Crippen LogP contribution is 2.22. The van der Waals surface area contributed by atoms with Gasteiger partial charge in [-0.25, -0.2) is 0 Å². The first-order chi connectivity index (χ1) is 18.2. The zero-order chi connectivity index (χ0) is 27.2. The number of nitrogens with one attached hydrogen (secondary N) is 3. The smallest absolute Gasteiger partial charge is 0.252 e. The van der Waals surface area contributed by atoms with Gasteiger partial charge in [0, 0.05) is 21.8 Å². The molecule has 0 spiro atoms. The fourth-order valence-electron chi connectivity index (χ4n) is 3.99. The van der Waals surface area contributed by atoms with Gasteiger partial charge in [0.05, 0.1) is 0 Å². The summed E-state index contributed by atoms with van der Waals surface area (Å²) in [7, 11) is 0. The van der Waals surface area contributed by atoms with Gasteiger partial charge in [-0.15, -0.1) is 0 Å². The van der Waals surface area contributed by atoms with E-state index < -0.39 is 29.8 Å². The lowest BCUT2D eigenvalue weighted by Gasteiger charge is -2.22. The van der Waals surface area contributed by atoms with Crippen LogP contribution in [0.4, 0.5) is 5.69 Å². The molecule has 0 aliphatic rings. The minimum atomic E-state index is -1.08. The molecular formula is C30H26ClN3O4. The highest BCUT2D eigenvalue weighted by Gasteiger charge is 2.27. The van der Waals surface area contributed by atoms with Gasteiger partial charge in [0.1, 0.15) is 12.1 Å². The second-order valence-electron chi connectivity index (χ2n) is 8.84. The van der Waals surface area contributed by atoms with Gasteiger partial charge in [0.15, 0.2) is 5.78 Å². The number of halogens is 1. The van der Waals surface area contributed by atoms with Crippen LogP contribution in [0.2, 0.25) is 5.02 Å². The molecule has 2 atom stereocenters. The number of anilines is 1. The van der Waals surface area contributed by atoms with Crippen molar-refractivity contribution in [3.05, 3.63) is 113 Å². The van der Waals surface area contributed by atoms with E-state index in [0.29, 0.717) is 27.4 Å².